The fraction of sp³-hybridized carbons (Fsp3) is 0.300. The zero-order valence-corrected chi connectivity index (χ0v) is 7.88. The summed E-state index contributed by atoms with van der Waals surface area (Å²) in [6.45, 7) is 1.50. The van der Waals surface area contributed by atoms with E-state index in [9.17, 15) is 8.78 Å². The van der Waals surface area contributed by atoms with Gasteiger partial charge in [0.25, 0.3) is 0 Å². The van der Waals surface area contributed by atoms with Gasteiger partial charge in [-0.25, -0.2) is 8.78 Å². The summed E-state index contributed by atoms with van der Waals surface area (Å²) >= 11 is 0. The number of hydrogen-bond acceptors (Lipinski definition) is 3. The summed E-state index contributed by atoms with van der Waals surface area (Å²) in [7, 11) is 0. The first-order chi connectivity index (χ1) is 7.04. The van der Waals surface area contributed by atoms with Crippen LogP contribution in [0.15, 0.2) is 12.1 Å². The highest BCUT2D eigenvalue weighted by Crippen LogP contribution is 2.36. The molecule has 1 aliphatic heterocycles. The summed E-state index contributed by atoms with van der Waals surface area (Å²) in [5.74, 6) is -1.87. The van der Waals surface area contributed by atoms with Crippen LogP contribution in [0.3, 0.4) is 0 Å². The second-order valence-corrected chi connectivity index (χ2v) is 3.45. The number of fused-ring (bicyclic) bond motifs is 1. The Labute approximate surface area is 84.8 Å². The maximum absolute atomic E-state index is 12.9. The van der Waals surface area contributed by atoms with Gasteiger partial charge in [0.15, 0.2) is 23.1 Å². The molecule has 0 aliphatic carbocycles. The zero-order chi connectivity index (χ0) is 11.1. The van der Waals surface area contributed by atoms with Crippen LogP contribution in [0.1, 0.15) is 6.92 Å². The van der Waals surface area contributed by atoms with Crippen molar-refractivity contribution in [2.45, 2.75) is 12.5 Å². The molecule has 1 aliphatic rings. The molecule has 3 nitrogen and oxygen atoms in total. The number of rotatable bonds is 0. The van der Waals surface area contributed by atoms with Gasteiger partial charge in [0.2, 0.25) is 5.60 Å². The van der Waals surface area contributed by atoms with Crippen molar-refractivity contribution in [1.29, 1.82) is 5.26 Å². The fourth-order valence-corrected chi connectivity index (χ4v) is 1.25. The second-order valence-electron chi connectivity index (χ2n) is 3.45. The lowest BCUT2D eigenvalue weighted by Crippen LogP contribution is -2.40. The van der Waals surface area contributed by atoms with Gasteiger partial charge in [0.1, 0.15) is 12.7 Å². The molecule has 0 unspecified atom stereocenters. The van der Waals surface area contributed by atoms with E-state index in [1.807, 2.05) is 6.07 Å². The minimum atomic E-state index is -1.16. The summed E-state index contributed by atoms with van der Waals surface area (Å²) in [4.78, 5) is 0. The van der Waals surface area contributed by atoms with E-state index in [0.29, 0.717) is 0 Å². The molecule has 1 heterocycles. The first-order valence-corrected chi connectivity index (χ1v) is 4.26. The van der Waals surface area contributed by atoms with Gasteiger partial charge in [-0.15, -0.1) is 0 Å². The number of hydrogen-bond donors (Lipinski definition) is 0. The lowest BCUT2D eigenvalue weighted by Gasteiger charge is -2.29. The number of benzene rings is 1. The van der Waals surface area contributed by atoms with Gasteiger partial charge in [-0.2, -0.15) is 5.26 Å². The molecule has 1 atom stereocenters. The van der Waals surface area contributed by atoms with Crippen molar-refractivity contribution in [1.82, 2.24) is 0 Å². The van der Waals surface area contributed by atoms with Crippen LogP contribution in [0.2, 0.25) is 0 Å². The molecule has 0 spiro atoms. The Bertz CT molecular complexity index is 455. The molecule has 0 N–H and O–H groups in total. The predicted octanol–water partition coefficient (Wildman–Crippen LogP) is 2.02. The van der Waals surface area contributed by atoms with Crippen LogP contribution in [-0.2, 0) is 0 Å². The van der Waals surface area contributed by atoms with Crippen LogP contribution in [0.5, 0.6) is 11.5 Å². The second kappa shape index (κ2) is 3.09. The van der Waals surface area contributed by atoms with Crippen molar-refractivity contribution in [2.24, 2.45) is 0 Å². The van der Waals surface area contributed by atoms with E-state index < -0.39 is 17.2 Å². The maximum Gasteiger partial charge on any atom is 0.225 e. The smallest absolute Gasteiger partial charge is 0.225 e. The van der Waals surface area contributed by atoms with Crippen LogP contribution in [0.25, 0.3) is 0 Å². The van der Waals surface area contributed by atoms with E-state index in [2.05, 4.69) is 0 Å². The van der Waals surface area contributed by atoms with Crippen LogP contribution in [0.4, 0.5) is 8.78 Å². The number of nitriles is 1. The summed E-state index contributed by atoms with van der Waals surface area (Å²) in [6, 6.07) is 3.67. The van der Waals surface area contributed by atoms with Gasteiger partial charge < -0.3 is 9.47 Å². The summed E-state index contributed by atoms with van der Waals surface area (Å²) in [5, 5.41) is 8.78. The monoisotopic (exact) mass is 211 g/mol. The number of nitrogens with zero attached hydrogens (tertiary/aromatic N) is 1. The minimum absolute atomic E-state index is 0.0123. The summed E-state index contributed by atoms with van der Waals surface area (Å²) in [6.07, 6.45) is 0. The van der Waals surface area contributed by atoms with Crippen molar-refractivity contribution >= 4 is 0 Å². The average molecular weight is 211 g/mol. The maximum atomic E-state index is 12.9. The van der Waals surface area contributed by atoms with Crippen LogP contribution < -0.4 is 9.47 Å². The first kappa shape index (κ1) is 9.71. The minimum Gasteiger partial charge on any atom is -0.484 e. The standard InChI is InChI=1S/C10H7F2NO2/c1-10(4-13)5-14-8-2-6(11)7(12)3-9(8)15-10/h2-3H,5H2,1H3/t10-/m0/s1. The van der Waals surface area contributed by atoms with E-state index in [0.717, 1.165) is 12.1 Å². The topological polar surface area (TPSA) is 42.2 Å². The lowest BCUT2D eigenvalue weighted by molar-refractivity contribution is 0.0493. The molecule has 0 amide bonds. The highest BCUT2D eigenvalue weighted by atomic mass is 19.2. The Morgan fingerprint density at radius 2 is 1.93 bits per heavy atom. The van der Waals surface area contributed by atoms with Crippen molar-refractivity contribution in [3.63, 3.8) is 0 Å². The lowest BCUT2D eigenvalue weighted by atomic mass is 10.1. The molecule has 0 radical (unpaired) electrons. The van der Waals surface area contributed by atoms with Crippen LogP contribution in [0, 0.1) is 23.0 Å². The highest BCUT2D eigenvalue weighted by molar-refractivity contribution is 5.43. The van der Waals surface area contributed by atoms with E-state index >= 15 is 0 Å². The molecule has 1 aromatic carbocycles. The van der Waals surface area contributed by atoms with Crippen molar-refractivity contribution in [3.8, 4) is 17.6 Å². The number of halogens is 2. The van der Waals surface area contributed by atoms with Crippen molar-refractivity contribution in [3.05, 3.63) is 23.8 Å². The van der Waals surface area contributed by atoms with Gasteiger partial charge in [0.05, 0.1) is 0 Å². The van der Waals surface area contributed by atoms with E-state index in [1.54, 1.807) is 0 Å². The third kappa shape index (κ3) is 1.59. The predicted molar refractivity (Wildman–Crippen MR) is 46.5 cm³/mol. The molecule has 1 aromatic rings. The van der Waals surface area contributed by atoms with Crippen molar-refractivity contribution in [2.75, 3.05) is 6.61 Å². The van der Waals surface area contributed by atoms with Gasteiger partial charge in [0, 0.05) is 12.1 Å². The molecule has 2 rings (SSSR count). The molecular weight excluding hydrogens is 204 g/mol. The highest BCUT2D eigenvalue weighted by Gasteiger charge is 2.33. The molecule has 0 saturated heterocycles. The fourth-order valence-electron chi connectivity index (χ4n) is 1.25. The van der Waals surface area contributed by atoms with Crippen molar-refractivity contribution < 1.29 is 18.3 Å². The third-order valence-corrected chi connectivity index (χ3v) is 2.06. The molecule has 78 valence electrons. The number of ether oxygens (including phenoxy) is 2. The first-order valence-electron chi connectivity index (χ1n) is 4.26. The normalized spacial score (nSPS) is 23.3. The molecule has 0 aromatic heterocycles. The SMILES string of the molecule is C[C@]1(C#N)COc2cc(F)c(F)cc2O1. The largest absolute Gasteiger partial charge is 0.484 e. The Morgan fingerprint density at radius 1 is 1.33 bits per heavy atom. The van der Waals surface area contributed by atoms with E-state index in [-0.39, 0.29) is 18.1 Å². The van der Waals surface area contributed by atoms with Crippen LogP contribution >= 0.6 is 0 Å². The molecule has 0 saturated carbocycles. The van der Waals surface area contributed by atoms with Gasteiger partial charge in [-0.05, 0) is 6.92 Å². The molecule has 0 bridgehead atoms. The molecule has 15 heavy (non-hydrogen) atoms. The Hall–Kier alpha value is -1.83. The van der Waals surface area contributed by atoms with Gasteiger partial charge in [-0.1, -0.05) is 0 Å². The van der Waals surface area contributed by atoms with Crippen LogP contribution in [-0.4, -0.2) is 12.2 Å². The molecule has 5 heteroatoms. The Morgan fingerprint density at radius 3 is 2.53 bits per heavy atom. The average Bonchev–Trinajstić information content (AvgIpc) is 2.21. The summed E-state index contributed by atoms with van der Waals surface area (Å²) < 4.78 is 36.0. The Kier molecular flexibility index (Phi) is 2.00. The van der Waals surface area contributed by atoms with E-state index in [4.69, 9.17) is 14.7 Å². The van der Waals surface area contributed by atoms with Gasteiger partial charge in [-0.3, -0.25) is 0 Å². The third-order valence-electron chi connectivity index (χ3n) is 2.06. The quantitative estimate of drug-likeness (QED) is 0.659. The Balaban J connectivity index is 2.43. The van der Waals surface area contributed by atoms with Gasteiger partial charge >= 0.3 is 0 Å². The zero-order valence-electron chi connectivity index (χ0n) is 7.88. The summed E-state index contributed by atoms with van der Waals surface area (Å²) in [5.41, 5.74) is -1.16. The molecule has 0 fully saturated rings. The molecular formula is C10H7F2NO2. The van der Waals surface area contributed by atoms with E-state index in [1.165, 1.54) is 6.92 Å².